The number of hydrogen-bond donors (Lipinski definition) is 2. The molecule has 2 N–H and O–H groups in total. The molecule has 1 heterocycles. The zero-order chi connectivity index (χ0) is 22.9. The van der Waals surface area contributed by atoms with Crippen LogP contribution in [0.15, 0.2) is 71.1 Å². The number of nitrogens with one attached hydrogen (secondary N) is 2. The third-order valence-electron chi connectivity index (χ3n) is 4.39. The zero-order valence-corrected chi connectivity index (χ0v) is 19.5. The minimum absolute atomic E-state index is 0.290. The van der Waals surface area contributed by atoms with Crippen molar-refractivity contribution in [3.8, 4) is 5.75 Å². The summed E-state index contributed by atoms with van der Waals surface area (Å²) in [5.74, 6) is -0.579. The van der Waals surface area contributed by atoms with E-state index in [0.29, 0.717) is 22.2 Å². The van der Waals surface area contributed by atoms with Crippen LogP contribution in [0.4, 0.5) is 0 Å². The Morgan fingerprint density at radius 2 is 1.88 bits per heavy atom. The van der Waals surface area contributed by atoms with Gasteiger partial charge in [0.15, 0.2) is 6.10 Å². The summed E-state index contributed by atoms with van der Waals surface area (Å²) >= 11 is 13.5. The lowest BCUT2D eigenvalue weighted by atomic mass is 10.1. The van der Waals surface area contributed by atoms with E-state index in [4.69, 9.17) is 27.9 Å². The van der Waals surface area contributed by atoms with Crippen molar-refractivity contribution in [2.24, 2.45) is 5.10 Å². The van der Waals surface area contributed by atoms with Gasteiger partial charge in [-0.2, -0.15) is 5.10 Å². The summed E-state index contributed by atoms with van der Waals surface area (Å²) in [5, 5.41) is 9.40. The maximum absolute atomic E-state index is 12.8. The third-order valence-corrected chi connectivity index (χ3v) is 5.73. The highest BCUT2D eigenvalue weighted by molar-refractivity contribution is 7.11. The molecule has 9 heteroatoms. The molecule has 0 saturated heterocycles. The van der Waals surface area contributed by atoms with Crippen LogP contribution < -0.4 is 15.5 Å². The van der Waals surface area contributed by atoms with Gasteiger partial charge in [-0.15, -0.1) is 11.3 Å². The molecule has 6 nitrogen and oxygen atoms in total. The first kappa shape index (κ1) is 23.8. The quantitative estimate of drug-likeness (QED) is 0.337. The van der Waals surface area contributed by atoms with Gasteiger partial charge in [0.2, 0.25) is 0 Å². The van der Waals surface area contributed by atoms with Crippen LogP contribution >= 0.6 is 34.5 Å². The van der Waals surface area contributed by atoms with Gasteiger partial charge in [0.1, 0.15) is 11.8 Å². The van der Waals surface area contributed by atoms with Crippen LogP contribution in [0.2, 0.25) is 10.0 Å². The Balaban J connectivity index is 1.67. The number of benzene rings is 2. The molecule has 0 fully saturated rings. The number of nitrogens with zero attached hydrogens (tertiary/aromatic N) is 1. The molecule has 3 aromatic rings. The monoisotopic (exact) mass is 489 g/mol. The first-order chi connectivity index (χ1) is 15.4. The highest BCUT2D eigenvalue weighted by Crippen LogP contribution is 2.28. The molecular weight excluding hydrogens is 469 g/mol. The first-order valence-corrected chi connectivity index (χ1v) is 11.4. The van der Waals surface area contributed by atoms with Gasteiger partial charge in [-0.1, -0.05) is 59.6 Å². The molecule has 0 saturated carbocycles. The summed E-state index contributed by atoms with van der Waals surface area (Å²) in [6.45, 7) is 1.58. The van der Waals surface area contributed by atoms with E-state index in [1.54, 1.807) is 25.3 Å². The molecule has 1 aromatic heterocycles. The highest BCUT2D eigenvalue weighted by atomic mass is 35.5. The molecule has 3 rings (SSSR count). The molecule has 2 atom stereocenters. The van der Waals surface area contributed by atoms with E-state index in [9.17, 15) is 9.59 Å². The predicted octanol–water partition coefficient (Wildman–Crippen LogP) is 4.70. The number of hydrazone groups is 1. The first-order valence-electron chi connectivity index (χ1n) is 9.75. The topological polar surface area (TPSA) is 79.8 Å². The van der Waals surface area contributed by atoms with Crippen LogP contribution in [-0.4, -0.2) is 30.2 Å². The molecule has 0 unspecified atom stereocenters. The molecule has 0 aliphatic carbocycles. The average Bonchev–Trinajstić information content (AvgIpc) is 3.29. The maximum atomic E-state index is 12.8. The van der Waals surface area contributed by atoms with Gasteiger partial charge in [0.05, 0.1) is 11.2 Å². The van der Waals surface area contributed by atoms with Gasteiger partial charge in [-0.25, -0.2) is 5.43 Å². The molecule has 0 aliphatic rings. The van der Waals surface area contributed by atoms with Crippen LogP contribution in [0.1, 0.15) is 17.4 Å². The Kier molecular flexibility index (Phi) is 8.67. The molecular formula is C23H21Cl2N3O3S. The van der Waals surface area contributed by atoms with Crippen molar-refractivity contribution in [1.29, 1.82) is 0 Å². The Bertz CT molecular complexity index is 1080. The zero-order valence-electron chi connectivity index (χ0n) is 17.1. The Morgan fingerprint density at radius 3 is 2.56 bits per heavy atom. The number of rotatable bonds is 9. The molecule has 0 spiro atoms. The Hall–Kier alpha value is -2.87. The van der Waals surface area contributed by atoms with E-state index in [-0.39, 0.29) is 0 Å². The second kappa shape index (κ2) is 11.7. The SMILES string of the molecule is C[C@@H](Oc1ccc(Cl)cc1Cl)C(=O)N[C@@H](Cc1ccccc1)C(=O)N/N=C\c1cccs1. The molecule has 0 radical (unpaired) electrons. The molecule has 166 valence electrons. The third kappa shape index (κ3) is 7.09. The fourth-order valence-electron chi connectivity index (χ4n) is 2.77. The van der Waals surface area contributed by atoms with Gasteiger partial charge in [0, 0.05) is 16.3 Å². The number of carbonyl (C=O) groups excluding carboxylic acids is 2. The normalized spacial score (nSPS) is 12.8. The fourth-order valence-corrected chi connectivity index (χ4v) is 3.80. The Labute approximate surface area is 200 Å². The van der Waals surface area contributed by atoms with Crippen molar-refractivity contribution in [2.45, 2.75) is 25.5 Å². The van der Waals surface area contributed by atoms with Crippen molar-refractivity contribution in [3.05, 3.63) is 86.5 Å². The van der Waals surface area contributed by atoms with Crippen molar-refractivity contribution in [1.82, 2.24) is 10.7 Å². The van der Waals surface area contributed by atoms with E-state index in [2.05, 4.69) is 15.8 Å². The van der Waals surface area contributed by atoms with Gasteiger partial charge in [0.25, 0.3) is 11.8 Å². The number of thiophene rings is 1. The standard InChI is InChI=1S/C23H21Cl2N3O3S/c1-15(31-21-10-9-17(24)13-19(21)25)22(29)27-20(12-16-6-3-2-4-7-16)23(30)28-26-14-18-8-5-11-32-18/h2-11,13-15,20H,12H2,1H3,(H,27,29)(H,28,30)/b26-14-/t15-,20+/m1/s1. The molecule has 0 bridgehead atoms. The lowest BCUT2D eigenvalue weighted by Gasteiger charge is -2.21. The van der Waals surface area contributed by atoms with Gasteiger partial charge in [-0.3, -0.25) is 9.59 Å². The molecule has 32 heavy (non-hydrogen) atoms. The van der Waals surface area contributed by atoms with Gasteiger partial charge >= 0.3 is 0 Å². The number of hydrogen-bond acceptors (Lipinski definition) is 5. The predicted molar refractivity (Wildman–Crippen MR) is 129 cm³/mol. The van der Waals surface area contributed by atoms with Gasteiger partial charge in [-0.05, 0) is 42.1 Å². The van der Waals surface area contributed by atoms with E-state index in [1.165, 1.54) is 17.4 Å². The lowest BCUT2D eigenvalue weighted by Crippen LogP contribution is -2.50. The minimum Gasteiger partial charge on any atom is -0.479 e. The van der Waals surface area contributed by atoms with Crippen molar-refractivity contribution in [3.63, 3.8) is 0 Å². The summed E-state index contributed by atoms with van der Waals surface area (Å²) in [6.07, 6.45) is 0.953. The lowest BCUT2D eigenvalue weighted by molar-refractivity contribution is -0.132. The van der Waals surface area contributed by atoms with Crippen molar-refractivity contribution < 1.29 is 14.3 Å². The summed E-state index contributed by atoms with van der Waals surface area (Å²) in [5.41, 5.74) is 3.39. The van der Waals surface area contributed by atoms with Crippen LogP contribution in [0.3, 0.4) is 0 Å². The molecule has 2 amide bonds. The average molecular weight is 490 g/mol. The van der Waals surface area contributed by atoms with Crippen LogP contribution in [0, 0.1) is 0 Å². The summed E-state index contributed by atoms with van der Waals surface area (Å²) in [7, 11) is 0. The summed E-state index contributed by atoms with van der Waals surface area (Å²) < 4.78 is 5.66. The molecule has 0 aliphatic heterocycles. The van der Waals surface area contributed by atoms with Crippen molar-refractivity contribution in [2.75, 3.05) is 0 Å². The van der Waals surface area contributed by atoms with Crippen molar-refractivity contribution >= 4 is 52.6 Å². The van der Waals surface area contributed by atoms with Crippen LogP contribution in [0.5, 0.6) is 5.75 Å². The highest BCUT2D eigenvalue weighted by Gasteiger charge is 2.25. The second-order valence-corrected chi connectivity index (χ2v) is 8.66. The second-order valence-electron chi connectivity index (χ2n) is 6.84. The number of carbonyl (C=O) groups is 2. The largest absolute Gasteiger partial charge is 0.479 e. The fraction of sp³-hybridized carbons (Fsp3) is 0.174. The number of ether oxygens (including phenoxy) is 1. The number of amides is 2. The van der Waals surface area contributed by atoms with Gasteiger partial charge < -0.3 is 10.1 Å². The molecule has 2 aromatic carbocycles. The van der Waals surface area contributed by atoms with E-state index in [0.717, 1.165) is 10.4 Å². The maximum Gasteiger partial charge on any atom is 0.262 e. The van der Waals surface area contributed by atoms with Crippen LogP contribution in [0.25, 0.3) is 0 Å². The minimum atomic E-state index is -0.894. The van der Waals surface area contributed by atoms with E-state index < -0.39 is 24.0 Å². The summed E-state index contributed by atoms with van der Waals surface area (Å²) in [4.78, 5) is 26.4. The summed E-state index contributed by atoms with van der Waals surface area (Å²) in [6, 6.07) is 17.0. The smallest absolute Gasteiger partial charge is 0.262 e. The Morgan fingerprint density at radius 1 is 1.09 bits per heavy atom. The van der Waals surface area contributed by atoms with E-state index >= 15 is 0 Å². The van der Waals surface area contributed by atoms with Crippen LogP contribution in [-0.2, 0) is 16.0 Å². The number of halogens is 2. The van der Waals surface area contributed by atoms with E-state index in [1.807, 2.05) is 47.8 Å².